The van der Waals surface area contributed by atoms with Crippen molar-refractivity contribution in [2.24, 2.45) is 0 Å². The van der Waals surface area contributed by atoms with Gasteiger partial charge < -0.3 is 4.74 Å². The largest absolute Gasteiger partial charge is 0.497 e. The summed E-state index contributed by atoms with van der Waals surface area (Å²) in [5, 5.41) is 0. The van der Waals surface area contributed by atoms with Crippen LogP contribution in [0.25, 0.3) is 0 Å². The Labute approximate surface area is 90.3 Å². The van der Waals surface area contributed by atoms with E-state index in [4.69, 9.17) is 4.74 Å². The van der Waals surface area contributed by atoms with E-state index in [1.54, 1.807) is 20.1 Å². The van der Waals surface area contributed by atoms with Crippen molar-refractivity contribution in [3.05, 3.63) is 29.8 Å². The summed E-state index contributed by atoms with van der Waals surface area (Å²) in [4.78, 5) is 0. The molecule has 4 nitrogen and oxygen atoms in total. The van der Waals surface area contributed by atoms with E-state index in [9.17, 15) is 8.42 Å². The van der Waals surface area contributed by atoms with E-state index in [2.05, 4.69) is 4.72 Å². The fraction of sp³-hybridized carbons (Fsp3) is 0.400. The molecule has 0 atom stereocenters. The molecule has 84 valence electrons. The average molecular weight is 229 g/mol. The van der Waals surface area contributed by atoms with Crippen LogP contribution < -0.4 is 9.46 Å². The fourth-order valence-corrected chi connectivity index (χ4v) is 1.67. The molecule has 5 heteroatoms. The molecule has 1 aromatic carbocycles. The monoisotopic (exact) mass is 229 g/mol. The van der Waals surface area contributed by atoms with E-state index in [0.717, 1.165) is 11.3 Å². The van der Waals surface area contributed by atoms with Gasteiger partial charge in [0, 0.05) is 6.54 Å². The Morgan fingerprint density at radius 1 is 1.40 bits per heavy atom. The molecule has 0 aromatic heterocycles. The second-order valence-corrected chi connectivity index (χ2v) is 5.17. The molecule has 15 heavy (non-hydrogen) atoms. The Morgan fingerprint density at radius 3 is 2.73 bits per heavy atom. The number of hydrogen-bond donors (Lipinski definition) is 1. The van der Waals surface area contributed by atoms with Crippen molar-refractivity contribution in [1.29, 1.82) is 0 Å². The van der Waals surface area contributed by atoms with Crippen LogP contribution in [0.15, 0.2) is 24.3 Å². The van der Waals surface area contributed by atoms with E-state index in [1.807, 2.05) is 18.2 Å². The highest BCUT2D eigenvalue weighted by atomic mass is 32.2. The van der Waals surface area contributed by atoms with Gasteiger partial charge in [-0.05, 0) is 24.6 Å². The third-order valence-corrected chi connectivity index (χ3v) is 3.35. The van der Waals surface area contributed by atoms with Crippen LogP contribution >= 0.6 is 0 Å². The number of benzene rings is 1. The minimum absolute atomic E-state index is 0.0942. The van der Waals surface area contributed by atoms with Gasteiger partial charge in [-0.3, -0.25) is 0 Å². The van der Waals surface area contributed by atoms with Crippen molar-refractivity contribution in [1.82, 2.24) is 4.72 Å². The van der Waals surface area contributed by atoms with Gasteiger partial charge in [-0.2, -0.15) is 0 Å². The van der Waals surface area contributed by atoms with E-state index in [1.165, 1.54) is 0 Å². The van der Waals surface area contributed by atoms with E-state index in [-0.39, 0.29) is 5.75 Å². The lowest BCUT2D eigenvalue weighted by atomic mass is 10.2. The van der Waals surface area contributed by atoms with Crippen molar-refractivity contribution in [2.75, 3.05) is 12.9 Å². The van der Waals surface area contributed by atoms with Crippen LogP contribution in [-0.2, 0) is 16.6 Å². The summed E-state index contributed by atoms with van der Waals surface area (Å²) in [7, 11) is -1.55. The van der Waals surface area contributed by atoms with E-state index >= 15 is 0 Å². The van der Waals surface area contributed by atoms with E-state index < -0.39 is 10.0 Å². The topological polar surface area (TPSA) is 55.4 Å². The van der Waals surface area contributed by atoms with Gasteiger partial charge in [0.25, 0.3) is 0 Å². The number of nitrogens with one attached hydrogen (secondary N) is 1. The molecule has 0 unspecified atom stereocenters. The molecule has 0 bridgehead atoms. The van der Waals surface area contributed by atoms with Gasteiger partial charge in [0.1, 0.15) is 5.75 Å². The predicted octanol–water partition coefficient (Wildman–Crippen LogP) is 1.13. The van der Waals surface area contributed by atoms with Crippen molar-refractivity contribution < 1.29 is 13.2 Å². The van der Waals surface area contributed by atoms with Gasteiger partial charge in [0.2, 0.25) is 10.0 Å². The maximum atomic E-state index is 11.2. The summed E-state index contributed by atoms with van der Waals surface area (Å²) in [6, 6.07) is 7.30. The zero-order valence-electron chi connectivity index (χ0n) is 8.86. The predicted molar refractivity (Wildman–Crippen MR) is 59.3 cm³/mol. The third-order valence-electron chi connectivity index (χ3n) is 2.01. The molecule has 0 fully saturated rings. The first-order valence-electron chi connectivity index (χ1n) is 4.67. The minimum Gasteiger partial charge on any atom is -0.497 e. The molecule has 0 amide bonds. The second-order valence-electron chi connectivity index (χ2n) is 3.08. The van der Waals surface area contributed by atoms with Gasteiger partial charge in [-0.1, -0.05) is 12.1 Å². The highest BCUT2D eigenvalue weighted by Crippen LogP contribution is 2.12. The van der Waals surface area contributed by atoms with Crippen LogP contribution in [0.4, 0.5) is 0 Å². The minimum atomic E-state index is -3.13. The van der Waals surface area contributed by atoms with Crippen LogP contribution in [0, 0.1) is 0 Å². The summed E-state index contributed by atoms with van der Waals surface area (Å²) in [5.74, 6) is 0.819. The van der Waals surface area contributed by atoms with Gasteiger partial charge in [-0.25, -0.2) is 13.1 Å². The molecular weight excluding hydrogens is 214 g/mol. The first kappa shape index (κ1) is 12.0. The van der Waals surface area contributed by atoms with Crippen LogP contribution in [-0.4, -0.2) is 21.3 Å². The summed E-state index contributed by atoms with van der Waals surface area (Å²) in [6.07, 6.45) is 0. The Balaban J connectivity index is 2.65. The van der Waals surface area contributed by atoms with E-state index in [0.29, 0.717) is 6.54 Å². The normalized spacial score (nSPS) is 11.3. The average Bonchev–Trinajstić information content (AvgIpc) is 2.27. The lowest BCUT2D eigenvalue weighted by Crippen LogP contribution is -2.24. The number of sulfonamides is 1. The highest BCUT2D eigenvalue weighted by molar-refractivity contribution is 7.89. The molecule has 1 N–H and O–H groups in total. The molecule has 0 aliphatic carbocycles. The van der Waals surface area contributed by atoms with Crippen LogP contribution in [0.1, 0.15) is 12.5 Å². The second kappa shape index (κ2) is 5.14. The molecule has 0 spiro atoms. The zero-order valence-corrected chi connectivity index (χ0v) is 9.67. The van der Waals surface area contributed by atoms with Crippen molar-refractivity contribution in [3.8, 4) is 5.75 Å². The number of ether oxygens (including phenoxy) is 1. The lowest BCUT2D eigenvalue weighted by Gasteiger charge is -2.06. The van der Waals surface area contributed by atoms with Gasteiger partial charge in [0.15, 0.2) is 0 Å². The molecule has 0 heterocycles. The van der Waals surface area contributed by atoms with Gasteiger partial charge in [0.05, 0.1) is 12.9 Å². The number of hydrogen-bond acceptors (Lipinski definition) is 3. The summed E-state index contributed by atoms with van der Waals surface area (Å²) in [6.45, 7) is 1.90. The molecule has 0 radical (unpaired) electrons. The number of methoxy groups -OCH3 is 1. The quantitative estimate of drug-likeness (QED) is 0.823. The van der Waals surface area contributed by atoms with Crippen LogP contribution in [0.3, 0.4) is 0 Å². The van der Waals surface area contributed by atoms with Crippen LogP contribution in [0.5, 0.6) is 5.75 Å². The summed E-state index contributed by atoms with van der Waals surface area (Å²) < 4.78 is 29.9. The molecular formula is C10H15NO3S. The maximum Gasteiger partial charge on any atom is 0.211 e. The smallest absolute Gasteiger partial charge is 0.211 e. The Hall–Kier alpha value is -1.07. The van der Waals surface area contributed by atoms with Crippen molar-refractivity contribution >= 4 is 10.0 Å². The standard InChI is InChI=1S/C10H15NO3S/c1-3-15(12,13)11-8-9-5-4-6-10(7-9)14-2/h4-7,11H,3,8H2,1-2H3. The lowest BCUT2D eigenvalue weighted by molar-refractivity contribution is 0.414. The molecule has 1 aromatic rings. The first-order valence-corrected chi connectivity index (χ1v) is 6.33. The van der Waals surface area contributed by atoms with Crippen LogP contribution in [0.2, 0.25) is 0 Å². The molecule has 0 aliphatic heterocycles. The Morgan fingerprint density at radius 2 is 2.13 bits per heavy atom. The summed E-state index contributed by atoms with van der Waals surface area (Å²) >= 11 is 0. The summed E-state index contributed by atoms with van der Waals surface area (Å²) in [5.41, 5.74) is 0.881. The fourth-order valence-electron chi connectivity index (χ4n) is 1.08. The molecule has 0 aliphatic rings. The molecule has 0 saturated heterocycles. The van der Waals surface area contributed by atoms with Crippen molar-refractivity contribution in [3.63, 3.8) is 0 Å². The van der Waals surface area contributed by atoms with Gasteiger partial charge in [-0.15, -0.1) is 0 Å². The molecule has 0 saturated carbocycles. The van der Waals surface area contributed by atoms with Crippen molar-refractivity contribution in [2.45, 2.75) is 13.5 Å². The molecule has 1 rings (SSSR count). The zero-order chi connectivity index (χ0) is 11.3. The van der Waals surface area contributed by atoms with Gasteiger partial charge >= 0.3 is 0 Å². The third kappa shape index (κ3) is 3.89. The number of rotatable bonds is 5. The highest BCUT2D eigenvalue weighted by Gasteiger charge is 2.05. The SMILES string of the molecule is CCS(=O)(=O)NCc1cccc(OC)c1. The maximum absolute atomic E-state index is 11.2. The first-order chi connectivity index (χ1) is 7.07. The Kier molecular flexibility index (Phi) is 4.11. The Bertz CT molecular complexity index is 414.